The summed E-state index contributed by atoms with van der Waals surface area (Å²) in [6, 6.07) is 7.39. The van der Waals surface area contributed by atoms with Crippen LogP contribution >= 0.6 is 0 Å². The number of piperidine rings is 1. The van der Waals surface area contributed by atoms with Gasteiger partial charge in [0, 0.05) is 25.0 Å². The monoisotopic (exact) mass is 440 g/mol. The smallest absolute Gasteiger partial charge is 0.410 e. The lowest BCUT2D eigenvalue weighted by molar-refractivity contribution is 0.0441. The molecule has 3 atom stereocenters. The van der Waals surface area contributed by atoms with Gasteiger partial charge >= 0.3 is 6.09 Å². The van der Waals surface area contributed by atoms with E-state index < -0.39 is 29.8 Å². The van der Waals surface area contributed by atoms with E-state index in [1.165, 1.54) is 35.1 Å². The van der Waals surface area contributed by atoms with E-state index in [-0.39, 0.29) is 24.0 Å². The van der Waals surface area contributed by atoms with E-state index in [9.17, 15) is 19.2 Å². The third kappa shape index (κ3) is 4.66. The highest BCUT2D eigenvalue weighted by Gasteiger charge is 2.37. The number of benzene rings is 1. The lowest BCUT2D eigenvalue weighted by Crippen LogP contribution is -2.45. The average Bonchev–Trinajstić information content (AvgIpc) is 3.55. The van der Waals surface area contributed by atoms with Crippen molar-refractivity contribution >= 4 is 23.5 Å². The second-order valence-electron chi connectivity index (χ2n) is 8.33. The van der Waals surface area contributed by atoms with Crippen molar-refractivity contribution in [1.82, 2.24) is 14.7 Å². The van der Waals surface area contributed by atoms with E-state index in [0.29, 0.717) is 24.6 Å². The number of hydrogen-bond acceptors (Lipinski definition) is 6. The van der Waals surface area contributed by atoms with Crippen molar-refractivity contribution in [3.8, 4) is 6.07 Å². The highest BCUT2D eigenvalue weighted by atomic mass is 19.1. The molecule has 32 heavy (non-hydrogen) atoms. The number of halogens is 1. The van der Waals surface area contributed by atoms with Crippen LogP contribution in [0, 0.1) is 29.0 Å². The number of carbonyl (C=O) groups is 2. The molecule has 1 aromatic heterocycles. The van der Waals surface area contributed by atoms with Gasteiger partial charge < -0.3 is 20.7 Å². The van der Waals surface area contributed by atoms with Gasteiger partial charge in [0.25, 0.3) is 5.91 Å². The highest BCUT2D eigenvalue weighted by Crippen LogP contribution is 2.35. The maximum atomic E-state index is 13.2. The zero-order valence-electron chi connectivity index (χ0n) is 17.7. The Balaban J connectivity index is 1.55. The number of primary amides is 1. The highest BCUT2D eigenvalue weighted by molar-refractivity contribution is 5.98. The first-order valence-electron chi connectivity index (χ1n) is 10.6. The maximum absolute atomic E-state index is 13.2. The molecule has 10 heteroatoms. The Morgan fingerprint density at radius 3 is 2.66 bits per heavy atom. The first-order chi connectivity index (χ1) is 15.4. The second-order valence-corrected chi connectivity index (χ2v) is 8.33. The molecular formula is C22H25FN6O3. The van der Waals surface area contributed by atoms with Crippen LogP contribution in [0.2, 0.25) is 0 Å². The molecule has 9 nitrogen and oxygen atoms in total. The molecule has 1 saturated carbocycles. The van der Waals surface area contributed by atoms with Crippen LogP contribution in [0.25, 0.3) is 0 Å². The Morgan fingerprint density at radius 2 is 2.03 bits per heavy atom. The number of aromatic nitrogens is 2. The molecule has 1 saturated heterocycles. The number of ether oxygens (including phenoxy) is 1. The molecule has 1 aliphatic heterocycles. The van der Waals surface area contributed by atoms with Crippen LogP contribution in [0.4, 0.5) is 20.7 Å². The van der Waals surface area contributed by atoms with E-state index in [1.54, 1.807) is 4.90 Å². The van der Waals surface area contributed by atoms with Crippen molar-refractivity contribution in [2.24, 2.45) is 17.6 Å². The first kappa shape index (κ1) is 21.6. The molecule has 2 amide bonds. The van der Waals surface area contributed by atoms with Crippen molar-refractivity contribution < 1.29 is 18.7 Å². The van der Waals surface area contributed by atoms with E-state index in [2.05, 4.69) is 16.5 Å². The molecular weight excluding hydrogens is 415 g/mol. The van der Waals surface area contributed by atoms with E-state index >= 15 is 0 Å². The Morgan fingerprint density at radius 1 is 1.31 bits per heavy atom. The van der Waals surface area contributed by atoms with Crippen LogP contribution in [0.1, 0.15) is 42.6 Å². The molecule has 3 N–H and O–H groups in total. The number of amides is 2. The summed E-state index contributed by atoms with van der Waals surface area (Å²) in [7, 11) is 0. The van der Waals surface area contributed by atoms with Crippen LogP contribution in [-0.4, -0.2) is 45.9 Å². The summed E-state index contributed by atoms with van der Waals surface area (Å²) in [6.07, 6.45) is 3.54. The summed E-state index contributed by atoms with van der Waals surface area (Å²) in [5.74, 6) is -0.865. The molecule has 4 rings (SSSR count). The zero-order chi connectivity index (χ0) is 22.8. The number of nitrogens with zero attached hydrogens (tertiary/aromatic N) is 4. The number of rotatable bonds is 6. The van der Waals surface area contributed by atoms with Crippen LogP contribution < -0.4 is 11.1 Å². The third-order valence-electron chi connectivity index (χ3n) is 6.02. The molecule has 1 aliphatic carbocycles. The minimum absolute atomic E-state index is 0.132. The Bertz CT molecular complexity index is 1040. The standard InChI is InChI=1S/C22H25FN6O3/c1-13(14-2-3-14)32-22(31)28-9-8-15(10-24)19(12-28)29-11-18(20(25)30)21(27-29)26-17-6-4-16(23)5-7-17/h4-7,11,13-15,19H,2-3,8-9,12H2,1H3,(H2,25,30)(H,26,27). The molecule has 168 valence electrons. The minimum Gasteiger partial charge on any atom is -0.446 e. The van der Waals surface area contributed by atoms with Crippen molar-refractivity contribution in [3.63, 3.8) is 0 Å². The molecule has 2 aliphatic rings. The van der Waals surface area contributed by atoms with Gasteiger partial charge in [0.2, 0.25) is 0 Å². The van der Waals surface area contributed by atoms with Gasteiger partial charge in [-0.1, -0.05) is 0 Å². The summed E-state index contributed by atoms with van der Waals surface area (Å²) in [4.78, 5) is 26.2. The number of carbonyl (C=O) groups excluding carboxylic acids is 2. The maximum Gasteiger partial charge on any atom is 0.410 e. The molecule has 0 spiro atoms. The quantitative estimate of drug-likeness (QED) is 0.710. The lowest BCUT2D eigenvalue weighted by atomic mass is 9.93. The Labute approximate surface area is 184 Å². The normalized spacial score (nSPS) is 21.5. The van der Waals surface area contributed by atoms with Crippen molar-refractivity contribution in [2.75, 3.05) is 18.4 Å². The molecule has 2 heterocycles. The van der Waals surface area contributed by atoms with Gasteiger partial charge in [0.1, 0.15) is 17.5 Å². The number of nitrogens with one attached hydrogen (secondary N) is 1. The average molecular weight is 440 g/mol. The summed E-state index contributed by atoms with van der Waals surface area (Å²) >= 11 is 0. The summed E-state index contributed by atoms with van der Waals surface area (Å²) in [6.45, 7) is 2.54. The van der Waals surface area contributed by atoms with Crippen LogP contribution in [-0.2, 0) is 4.74 Å². The van der Waals surface area contributed by atoms with E-state index in [0.717, 1.165) is 12.8 Å². The van der Waals surface area contributed by atoms with Gasteiger partial charge in [0.05, 0.1) is 18.0 Å². The van der Waals surface area contributed by atoms with Crippen LogP contribution in [0.15, 0.2) is 30.5 Å². The van der Waals surface area contributed by atoms with Crippen molar-refractivity contribution in [1.29, 1.82) is 5.26 Å². The zero-order valence-corrected chi connectivity index (χ0v) is 17.7. The number of nitrogens with two attached hydrogens (primary N) is 1. The van der Waals surface area contributed by atoms with Gasteiger partial charge in [-0.05, 0) is 56.4 Å². The molecule has 1 aromatic carbocycles. The van der Waals surface area contributed by atoms with Gasteiger partial charge in [0.15, 0.2) is 5.82 Å². The molecule has 2 fully saturated rings. The largest absolute Gasteiger partial charge is 0.446 e. The first-order valence-corrected chi connectivity index (χ1v) is 10.6. The van der Waals surface area contributed by atoms with Gasteiger partial charge in [-0.25, -0.2) is 9.18 Å². The molecule has 2 aromatic rings. The van der Waals surface area contributed by atoms with Gasteiger partial charge in [-0.15, -0.1) is 0 Å². The fourth-order valence-electron chi connectivity index (χ4n) is 3.92. The fourth-order valence-corrected chi connectivity index (χ4v) is 3.92. The third-order valence-corrected chi connectivity index (χ3v) is 6.02. The van der Waals surface area contributed by atoms with Crippen molar-refractivity contribution in [2.45, 2.75) is 38.3 Å². The Kier molecular flexibility index (Phi) is 5.99. The number of likely N-dealkylation sites (tertiary alicyclic amines) is 1. The summed E-state index contributed by atoms with van der Waals surface area (Å²) in [5.41, 5.74) is 6.18. The van der Waals surface area contributed by atoms with Gasteiger partial charge in [-0.3, -0.25) is 9.48 Å². The SMILES string of the molecule is CC(OC(=O)N1CCC(C#N)C(n2cc(C(N)=O)c(Nc3ccc(F)cc3)n2)C1)C1CC1. The lowest BCUT2D eigenvalue weighted by Gasteiger charge is -2.35. The number of hydrogen-bond donors (Lipinski definition) is 2. The molecule has 0 radical (unpaired) electrons. The summed E-state index contributed by atoms with van der Waals surface area (Å²) in [5, 5.41) is 17.1. The number of anilines is 2. The Hall–Kier alpha value is -3.61. The minimum atomic E-state index is -0.695. The fraction of sp³-hybridized carbons (Fsp3) is 0.455. The van der Waals surface area contributed by atoms with E-state index in [1.807, 2.05) is 6.92 Å². The predicted molar refractivity (Wildman–Crippen MR) is 113 cm³/mol. The topological polar surface area (TPSA) is 126 Å². The van der Waals surface area contributed by atoms with Crippen molar-refractivity contribution in [3.05, 3.63) is 41.8 Å². The van der Waals surface area contributed by atoms with Gasteiger partial charge in [-0.2, -0.15) is 10.4 Å². The van der Waals surface area contributed by atoms with E-state index in [4.69, 9.17) is 10.5 Å². The van der Waals surface area contributed by atoms with Crippen LogP contribution in [0.5, 0.6) is 0 Å². The summed E-state index contributed by atoms with van der Waals surface area (Å²) < 4.78 is 20.3. The predicted octanol–water partition coefficient (Wildman–Crippen LogP) is 3.19. The number of nitriles is 1. The molecule has 3 unspecified atom stereocenters. The molecule has 0 bridgehead atoms. The van der Waals surface area contributed by atoms with Crippen LogP contribution in [0.3, 0.4) is 0 Å². The second kappa shape index (κ2) is 8.86.